The van der Waals surface area contributed by atoms with Crippen molar-refractivity contribution >= 4 is 18.4 Å². The summed E-state index contributed by atoms with van der Waals surface area (Å²) in [6.45, 7) is 9.60. The molecule has 1 fully saturated rings. The number of piperidine rings is 1. The molecule has 0 aliphatic carbocycles. The van der Waals surface area contributed by atoms with Gasteiger partial charge in [-0.25, -0.2) is 0 Å². The van der Waals surface area contributed by atoms with E-state index in [0.29, 0.717) is 6.42 Å². The molecule has 0 radical (unpaired) electrons. The largest absolute Gasteiger partial charge is 0.481 e. The number of rotatable bonds is 5. The third kappa shape index (κ3) is 11.9. The normalized spacial score (nSPS) is 16.5. The van der Waals surface area contributed by atoms with E-state index >= 15 is 0 Å². The van der Waals surface area contributed by atoms with Crippen LogP contribution in [0.15, 0.2) is 0 Å². The van der Waals surface area contributed by atoms with Gasteiger partial charge in [0.15, 0.2) is 0 Å². The molecule has 0 atom stereocenters. The summed E-state index contributed by atoms with van der Waals surface area (Å²) in [7, 11) is 0. The van der Waals surface area contributed by atoms with Crippen molar-refractivity contribution in [1.29, 1.82) is 0 Å². The zero-order valence-corrected chi connectivity index (χ0v) is 14.6. The van der Waals surface area contributed by atoms with Crippen molar-refractivity contribution in [3.05, 3.63) is 0 Å². The van der Waals surface area contributed by atoms with Crippen LogP contribution in [0.2, 0.25) is 0 Å². The van der Waals surface area contributed by atoms with Crippen LogP contribution in [0.3, 0.4) is 0 Å². The van der Waals surface area contributed by atoms with Gasteiger partial charge in [0, 0.05) is 6.42 Å². The predicted octanol–water partition coefficient (Wildman–Crippen LogP) is 2.29. The number of carboxylic acids is 1. The Kier molecular flexibility index (Phi) is 11.3. The first kappa shape index (κ1) is 22.9. The third-order valence-electron chi connectivity index (χ3n) is 3.81. The smallest absolute Gasteiger partial charge is 0.303 e. The van der Waals surface area contributed by atoms with E-state index in [1.54, 1.807) is 27.7 Å². The molecule has 0 unspecified atom stereocenters. The van der Waals surface area contributed by atoms with Crippen molar-refractivity contribution in [3.8, 4) is 0 Å². The maximum absolute atomic E-state index is 10.2. The lowest BCUT2D eigenvalue weighted by Crippen LogP contribution is -2.44. The van der Waals surface area contributed by atoms with Gasteiger partial charge in [-0.15, -0.1) is 12.4 Å². The Balaban J connectivity index is 0. The molecular formula is C15H32ClNO4. The van der Waals surface area contributed by atoms with Gasteiger partial charge < -0.3 is 20.2 Å². The maximum atomic E-state index is 10.2. The summed E-state index contributed by atoms with van der Waals surface area (Å²) in [4.78, 5) is 12.6. The van der Waals surface area contributed by atoms with Gasteiger partial charge >= 0.3 is 5.97 Å². The predicted molar refractivity (Wildman–Crippen MR) is 87.0 cm³/mol. The van der Waals surface area contributed by atoms with Gasteiger partial charge in [0.25, 0.3) is 0 Å². The fraction of sp³-hybridized carbons (Fsp3) is 0.933. The van der Waals surface area contributed by atoms with Gasteiger partial charge in [0.2, 0.25) is 0 Å². The average molecular weight is 326 g/mol. The highest BCUT2D eigenvalue weighted by Crippen LogP contribution is 2.19. The Morgan fingerprint density at radius 1 is 1.00 bits per heavy atom. The molecule has 0 aromatic carbocycles. The minimum Gasteiger partial charge on any atom is -0.481 e. The van der Waals surface area contributed by atoms with Crippen molar-refractivity contribution in [2.45, 2.75) is 71.0 Å². The van der Waals surface area contributed by atoms with Gasteiger partial charge in [0.1, 0.15) is 0 Å². The zero-order chi connectivity index (χ0) is 15.8. The van der Waals surface area contributed by atoms with E-state index in [9.17, 15) is 4.79 Å². The van der Waals surface area contributed by atoms with Crippen LogP contribution in [-0.2, 0) is 4.79 Å². The lowest BCUT2D eigenvalue weighted by atomic mass is 9.90. The number of aliphatic hydroxyl groups is 2. The second-order valence-electron chi connectivity index (χ2n) is 6.52. The van der Waals surface area contributed by atoms with Gasteiger partial charge in [-0.3, -0.25) is 4.79 Å². The third-order valence-corrected chi connectivity index (χ3v) is 3.81. The van der Waals surface area contributed by atoms with Gasteiger partial charge in [-0.1, -0.05) is 6.42 Å². The van der Waals surface area contributed by atoms with Crippen molar-refractivity contribution < 1.29 is 20.1 Å². The molecule has 0 saturated carbocycles. The van der Waals surface area contributed by atoms with Crippen LogP contribution in [-0.4, -0.2) is 57.0 Å². The van der Waals surface area contributed by atoms with Crippen LogP contribution in [0.1, 0.15) is 59.8 Å². The van der Waals surface area contributed by atoms with Crippen molar-refractivity contribution in [2.24, 2.45) is 0 Å². The molecule has 0 bridgehead atoms. The summed E-state index contributed by atoms with van der Waals surface area (Å²) in [5.41, 5.74) is -2.01. The first-order valence-corrected chi connectivity index (χ1v) is 7.43. The first-order valence-electron chi connectivity index (χ1n) is 7.43. The SMILES string of the molecule is CC(C)(O)C(C)(C)O.Cl.O=C(O)CCCN1CCCCC1. The molecule has 1 heterocycles. The fourth-order valence-electron chi connectivity index (χ4n) is 1.64. The van der Waals surface area contributed by atoms with E-state index in [0.717, 1.165) is 13.0 Å². The summed E-state index contributed by atoms with van der Waals surface area (Å²) in [5, 5.41) is 26.6. The monoisotopic (exact) mass is 325 g/mol. The molecule has 1 saturated heterocycles. The molecule has 5 nitrogen and oxygen atoms in total. The van der Waals surface area contributed by atoms with Crippen molar-refractivity contribution in [3.63, 3.8) is 0 Å². The molecule has 1 rings (SSSR count). The molecule has 1 aliphatic heterocycles. The zero-order valence-electron chi connectivity index (χ0n) is 13.8. The van der Waals surface area contributed by atoms with Gasteiger partial charge in [0.05, 0.1) is 11.2 Å². The topological polar surface area (TPSA) is 81.0 Å². The van der Waals surface area contributed by atoms with Gasteiger partial charge in [-0.2, -0.15) is 0 Å². The van der Waals surface area contributed by atoms with Crippen LogP contribution < -0.4 is 0 Å². The number of hydrogen-bond acceptors (Lipinski definition) is 4. The maximum Gasteiger partial charge on any atom is 0.303 e. The quantitative estimate of drug-likeness (QED) is 0.722. The number of carbonyl (C=O) groups is 1. The summed E-state index contributed by atoms with van der Waals surface area (Å²) in [6, 6.07) is 0. The van der Waals surface area contributed by atoms with Crippen LogP contribution in [0.4, 0.5) is 0 Å². The summed E-state index contributed by atoms with van der Waals surface area (Å²) in [6.07, 6.45) is 5.03. The Hall–Kier alpha value is -0.360. The van der Waals surface area contributed by atoms with E-state index in [1.807, 2.05) is 0 Å². The number of halogens is 1. The molecule has 0 aromatic rings. The highest BCUT2D eigenvalue weighted by atomic mass is 35.5. The van der Waals surface area contributed by atoms with Crippen LogP contribution in [0, 0.1) is 0 Å². The molecular weight excluding hydrogens is 294 g/mol. The molecule has 6 heteroatoms. The number of aliphatic carboxylic acids is 1. The fourth-order valence-corrected chi connectivity index (χ4v) is 1.64. The Bertz CT molecular complexity index is 266. The number of nitrogens with zero attached hydrogens (tertiary/aromatic N) is 1. The number of hydrogen-bond donors (Lipinski definition) is 3. The number of carboxylic acid groups (broad SMARTS) is 1. The Morgan fingerprint density at radius 3 is 1.76 bits per heavy atom. The van der Waals surface area contributed by atoms with Crippen LogP contribution >= 0.6 is 12.4 Å². The Labute approximate surface area is 134 Å². The standard InChI is InChI=1S/C9H17NO2.C6H14O2.ClH/c11-9(12)5-4-8-10-6-2-1-3-7-10;1-5(2,7)6(3,4)8;/h1-8H2,(H,11,12);7-8H,1-4H3;1H. The summed E-state index contributed by atoms with van der Waals surface area (Å²) in [5.74, 6) is -0.674. The molecule has 3 N–H and O–H groups in total. The highest BCUT2D eigenvalue weighted by molar-refractivity contribution is 5.85. The second-order valence-corrected chi connectivity index (χ2v) is 6.52. The molecule has 0 amide bonds. The highest BCUT2D eigenvalue weighted by Gasteiger charge is 2.31. The van der Waals surface area contributed by atoms with E-state index in [-0.39, 0.29) is 12.4 Å². The minimum absolute atomic E-state index is 0. The first-order chi connectivity index (χ1) is 9.04. The van der Waals surface area contributed by atoms with E-state index < -0.39 is 17.2 Å². The number of likely N-dealkylation sites (tertiary alicyclic amines) is 1. The molecule has 0 aromatic heterocycles. The lowest BCUT2D eigenvalue weighted by molar-refractivity contribution is -0.137. The molecule has 128 valence electrons. The summed E-state index contributed by atoms with van der Waals surface area (Å²) >= 11 is 0. The van der Waals surface area contributed by atoms with Crippen LogP contribution in [0.25, 0.3) is 0 Å². The molecule has 1 aliphatic rings. The van der Waals surface area contributed by atoms with Crippen molar-refractivity contribution in [2.75, 3.05) is 19.6 Å². The lowest BCUT2D eigenvalue weighted by Gasteiger charge is -2.31. The average Bonchev–Trinajstić information content (AvgIpc) is 2.28. The van der Waals surface area contributed by atoms with E-state index in [4.69, 9.17) is 15.3 Å². The second kappa shape index (κ2) is 10.4. The summed E-state index contributed by atoms with van der Waals surface area (Å²) < 4.78 is 0. The Morgan fingerprint density at radius 2 is 1.43 bits per heavy atom. The van der Waals surface area contributed by atoms with Gasteiger partial charge in [-0.05, 0) is 66.6 Å². The van der Waals surface area contributed by atoms with E-state index in [2.05, 4.69) is 4.90 Å². The van der Waals surface area contributed by atoms with Crippen LogP contribution in [0.5, 0.6) is 0 Å². The van der Waals surface area contributed by atoms with Crippen molar-refractivity contribution in [1.82, 2.24) is 4.90 Å². The minimum atomic E-state index is -1.01. The molecule has 21 heavy (non-hydrogen) atoms. The molecule has 0 spiro atoms. The van der Waals surface area contributed by atoms with E-state index in [1.165, 1.54) is 32.4 Å².